The van der Waals surface area contributed by atoms with Gasteiger partial charge in [-0.15, -0.1) is 0 Å². The lowest BCUT2D eigenvalue weighted by molar-refractivity contribution is 0.0692. The fourth-order valence-electron chi connectivity index (χ4n) is 2.59. The smallest absolute Gasteiger partial charge is 0.355 e. The first-order valence-corrected chi connectivity index (χ1v) is 8.36. The lowest BCUT2D eigenvalue weighted by atomic mass is 10.0. The molecule has 0 unspecified atom stereocenters. The molecule has 29 heavy (non-hydrogen) atoms. The number of carboxylic acid groups (broad SMARTS) is 1. The molecule has 3 aromatic rings. The van der Waals surface area contributed by atoms with Gasteiger partial charge in [0.05, 0.1) is 32.8 Å². The summed E-state index contributed by atoms with van der Waals surface area (Å²) in [4.78, 5) is 27.3. The average Bonchev–Trinajstić information content (AvgIpc) is 3.13. The molecule has 1 N–H and O–H groups in total. The molecule has 11 heteroatoms. The maximum Gasteiger partial charge on any atom is 0.355 e. The number of halogens is 6. The highest BCUT2D eigenvalue weighted by Crippen LogP contribution is 2.35. The number of fused-ring (bicyclic) bond motifs is 1. The highest BCUT2D eigenvalue weighted by molar-refractivity contribution is 6.35. The molecule has 0 bridgehead atoms. The second-order valence-electron chi connectivity index (χ2n) is 5.60. The lowest BCUT2D eigenvalue weighted by Gasteiger charge is -2.11. The van der Waals surface area contributed by atoms with Gasteiger partial charge < -0.3 is 9.52 Å². The first kappa shape index (κ1) is 20.8. The van der Waals surface area contributed by atoms with E-state index in [1.165, 1.54) is 6.07 Å². The second kappa shape index (κ2) is 7.84. The number of aromatic carboxylic acids is 1. The van der Waals surface area contributed by atoms with Crippen LogP contribution in [0.2, 0.25) is 10.0 Å². The van der Waals surface area contributed by atoms with Crippen LogP contribution in [-0.2, 0) is 0 Å². The Balaban J connectivity index is 2.20. The van der Waals surface area contributed by atoms with E-state index in [0.29, 0.717) is 18.3 Å². The number of hydrogen-bond donors (Lipinski definition) is 1. The lowest BCUT2D eigenvalue weighted by Crippen LogP contribution is -2.10. The molecule has 5 nitrogen and oxygen atoms in total. The van der Waals surface area contributed by atoms with E-state index < -0.39 is 62.3 Å². The molecule has 0 atom stereocenters. The minimum Gasteiger partial charge on any atom is -0.476 e. The Morgan fingerprint density at radius 2 is 1.79 bits per heavy atom. The third-order valence-electron chi connectivity index (χ3n) is 3.88. The average molecular weight is 448 g/mol. The van der Waals surface area contributed by atoms with Crippen LogP contribution in [0.3, 0.4) is 0 Å². The van der Waals surface area contributed by atoms with Gasteiger partial charge in [0.1, 0.15) is 5.58 Å². The van der Waals surface area contributed by atoms with Gasteiger partial charge in [-0.2, -0.15) is 0 Å². The molecule has 0 fully saturated rings. The van der Waals surface area contributed by atoms with Crippen molar-refractivity contribution in [1.82, 2.24) is 4.98 Å². The zero-order chi connectivity index (χ0) is 21.5. The molecule has 150 valence electrons. The van der Waals surface area contributed by atoms with E-state index >= 15 is 0 Å². The van der Waals surface area contributed by atoms with E-state index in [1.807, 2.05) is 0 Å². The summed E-state index contributed by atoms with van der Waals surface area (Å²) in [6.07, 6.45) is -1.76. The van der Waals surface area contributed by atoms with Crippen LogP contribution in [0.25, 0.3) is 16.5 Å². The predicted molar refractivity (Wildman–Crippen MR) is 95.8 cm³/mol. The predicted octanol–water partition coefficient (Wildman–Crippen LogP) is 5.80. The van der Waals surface area contributed by atoms with E-state index in [1.54, 1.807) is 0 Å². The first-order valence-electron chi connectivity index (χ1n) is 7.60. The van der Waals surface area contributed by atoms with Gasteiger partial charge in [-0.05, 0) is 23.8 Å². The molecule has 0 radical (unpaired) electrons. The number of pyridine rings is 1. The monoisotopic (exact) mass is 447 g/mol. The van der Waals surface area contributed by atoms with Gasteiger partial charge in [0, 0.05) is 6.20 Å². The van der Waals surface area contributed by atoms with Crippen molar-refractivity contribution in [1.29, 1.82) is 0 Å². The molecule has 3 rings (SSSR count). The highest BCUT2D eigenvalue weighted by Gasteiger charge is 2.29. The summed E-state index contributed by atoms with van der Waals surface area (Å²) in [5, 5.41) is 7.68. The number of carboxylic acids is 1. The van der Waals surface area contributed by atoms with Crippen molar-refractivity contribution in [2.24, 2.45) is 0 Å². The Bertz CT molecular complexity index is 1170. The number of rotatable bonds is 5. The fourth-order valence-corrected chi connectivity index (χ4v) is 3.08. The Hall–Kier alpha value is -2.91. The van der Waals surface area contributed by atoms with Crippen LogP contribution in [0.5, 0.6) is 0 Å². The summed E-state index contributed by atoms with van der Waals surface area (Å²) >= 11 is 11.1. The molecule has 0 aliphatic rings. The van der Waals surface area contributed by atoms with Crippen LogP contribution in [0.15, 0.2) is 40.9 Å². The van der Waals surface area contributed by atoms with Crippen LogP contribution in [0, 0.1) is 5.82 Å². The normalized spacial score (nSPS) is 12.4. The molecule has 0 saturated heterocycles. The molecular weight excluding hydrogens is 441 g/mol. The van der Waals surface area contributed by atoms with Crippen LogP contribution in [-0.4, -0.2) is 28.3 Å². The highest BCUT2D eigenvalue weighted by atomic mass is 35.5. The van der Waals surface area contributed by atoms with E-state index in [4.69, 9.17) is 32.7 Å². The maximum atomic E-state index is 14.8. The topological polar surface area (TPSA) is 80.4 Å². The second-order valence-corrected chi connectivity index (χ2v) is 6.41. The summed E-state index contributed by atoms with van der Waals surface area (Å²) in [6.45, 7) is 0. The Morgan fingerprint density at radius 1 is 1.17 bits per heavy atom. The van der Waals surface area contributed by atoms with Gasteiger partial charge in [0.25, 0.3) is 6.43 Å². The number of hydrogen-bond acceptors (Lipinski definition) is 4. The zero-order valence-electron chi connectivity index (χ0n) is 13.9. The third kappa shape index (κ3) is 3.70. The Morgan fingerprint density at radius 3 is 2.34 bits per heavy atom. The quantitative estimate of drug-likeness (QED) is 0.231. The number of Topliss-reactive ketones (excluding diaryl/α,β-unsaturated/α-hetero) is 1. The number of ketones is 1. The molecule has 0 saturated carbocycles. The summed E-state index contributed by atoms with van der Waals surface area (Å²) in [6, 6.07) is 2.58. The molecule has 0 amide bonds. The van der Waals surface area contributed by atoms with Gasteiger partial charge in [-0.1, -0.05) is 23.2 Å². The summed E-state index contributed by atoms with van der Waals surface area (Å²) in [7, 11) is 0. The molecule has 0 spiro atoms. The van der Waals surface area contributed by atoms with Gasteiger partial charge >= 0.3 is 5.97 Å². The molecule has 0 aliphatic heterocycles. The number of alkyl halides is 2. The number of allylic oxidation sites excluding steroid dienone is 2. The van der Waals surface area contributed by atoms with Gasteiger partial charge in [-0.25, -0.2) is 27.3 Å². The number of nitrogens with zero attached hydrogens (tertiary/aromatic N) is 1. The van der Waals surface area contributed by atoms with Crippen LogP contribution in [0.4, 0.5) is 17.6 Å². The summed E-state index contributed by atoms with van der Waals surface area (Å²) in [5.41, 5.74) is -3.37. The van der Waals surface area contributed by atoms with E-state index in [0.717, 1.165) is 6.26 Å². The number of aromatic nitrogens is 1. The van der Waals surface area contributed by atoms with Gasteiger partial charge in [0.2, 0.25) is 5.78 Å². The molecule has 1 aromatic carbocycles. The van der Waals surface area contributed by atoms with Crippen molar-refractivity contribution in [2.45, 2.75) is 6.43 Å². The van der Waals surface area contributed by atoms with Gasteiger partial charge in [0.15, 0.2) is 17.3 Å². The standard InChI is InChI=1S/C18H7Cl2F4NO4/c19-9-3-6(4-10(20)12(9)21)11(17(23)24)13(22)15(26)8-5-25-14(18(27)28)7-1-2-29-16(7)8/h1-5,17H,(H,27,28)/b13-11-. The Labute approximate surface area is 169 Å². The fraction of sp³-hybridized carbons (Fsp3) is 0.0556. The summed E-state index contributed by atoms with van der Waals surface area (Å²) in [5.74, 6) is -5.96. The molecular formula is C18H7Cl2F4NO4. The minimum absolute atomic E-state index is 0.123. The van der Waals surface area contributed by atoms with E-state index in [-0.39, 0.29) is 11.0 Å². The molecule has 2 heterocycles. The van der Waals surface area contributed by atoms with Crippen LogP contribution in [0.1, 0.15) is 26.4 Å². The largest absolute Gasteiger partial charge is 0.476 e. The Kier molecular flexibility index (Phi) is 5.63. The molecule has 2 aromatic heterocycles. The number of carbonyl (C=O) groups excluding carboxylic acids is 1. The first-order chi connectivity index (χ1) is 13.6. The van der Waals surface area contributed by atoms with Crippen molar-refractivity contribution >= 4 is 51.5 Å². The van der Waals surface area contributed by atoms with E-state index in [9.17, 15) is 27.2 Å². The van der Waals surface area contributed by atoms with Crippen molar-refractivity contribution in [2.75, 3.05) is 0 Å². The van der Waals surface area contributed by atoms with Gasteiger partial charge in [-0.3, -0.25) is 4.79 Å². The SMILES string of the molecule is O=C(O)c1ncc(C(=O)/C(F)=C(\c2cc(Cl)c(F)c(Cl)c2)C(F)F)c2occc12. The minimum atomic E-state index is -3.49. The number of furan rings is 1. The third-order valence-corrected chi connectivity index (χ3v) is 4.43. The van der Waals surface area contributed by atoms with Crippen LogP contribution < -0.4 is 0 Å². The maximum absolute atomic E-state index is 14.8. The van der Waals surface area contributed by atoms with Crippen molar-refractivity contribution in [3.63, 3.8) is 0 Å². The number of carbonyl (C=O) groups is 2. The molecule has 0 aliphatic carbocycles. The number of benzene rings is 1. The zero-order valence-corrected chi connectivity index (χ0v) is 15.4. The summed E-state index contributed by atoms with van der Waals surface area (Å²) < 4.78 is 60.5. The van der Waals surface area contributed by atoms with E-state index in [2.05, 4.69) is 4.98 Å². The van der Waals surface area contributed by atoms with Crippen molar-refractivity contribution in [3.8, 4) is 0 Å². The van der Waals surface area contributed by atoms with Crippen molar-refractivity contribution in [3.05, 3.63) is 69.2 Å². The van der Waals surface area contributed by atoms with Crippen molar-refractivity contribution < 1.29 is 36.7 Å². The van der Waals surface area contributed by atoms with Crippen LogP contribution >= 0.6 is 23.2 Å².